The van der Waals surface area contributed by atoms with Gasteiger partial charge in [0.1, 0.15) is 0 Å². The summed E-state index contributed by atoms with van der Waals surface area (Å²) in [6.07, 6.45) is 3.89. The minimum atomic E-state index is -1.09. The van der Waals surface area contributed by atoms with Crippen LogP contribution >= 0.6 is 0 Å². The molecule has 1 aliphatic rings. The van der Waals surface area contributed by atoms with Crippen molar-refractivity contribution in [2.24, 2.45) is 5.92 Å². The third kappa shape index (κ3) is 7.45. The van der Waals surface area contributed by atoms with Gasteiger partial charge in [-0.3, -0.25) is 4.90 Å². The zero-order valence-electron chi connectivity index (χ0n) is 14.9. The standard InChI is InChI=1S/C18H31NO5/c1-3-14(2)7-8-16(18(22)23)15(17(20)21)6-4-5-9-19-10-12-24-13-11-19/h14H,3-13H2,1-2H3,(H,20,21)(H,22,23). The fourth-order valence-electron chi connectivity index (χ4n) is 2.83. The van der Waals surface area contributed by atoms with E-state index in [1.54, 1.807) is 0 Å². The number of ether oxygens (including phenoxy) is 1. The molecule has 0 aromatic heterocycles. The van der Waals surface area contributed by atoms with Crippen molar-refractivity contribution in [3.63, 3.8) is 0 Å². The molecule has 0 saturated carbocycles. The lowest BCUT2D eigenvalue weighted by Gasteiger charge is -2.26. The quantitative estimate of drug-likeness (QED) is 0.444. The van der Waals surface area contributed by atoms with Gasteiger partial charge >= 0.3 is 11.9 Å². The number of rotatable bonds is 11. The predicted octanol–water partition coefficient (Wildman–Crippen LogP) is 2.78. The van der Waals surface area contributed by atoms with Crippen LogP contribution in [0.4, 0.5) is 0 Å². The fraction of sp³-hybridized carbons (Fsp3) is 0.778. The SMILES string of the molecule is CCC(C)CCC(C(=O)O)=C(CCCCN1CCOCC1)C(=O)O. The van der Waals surface area contributed by atoms with Gasteiger partial charge in [0.2, 0.25) is 0 Å². The number of unbranched alkanes of at least 4 members (excludes halogenated alkanes) is 1. The van der Waals surface area contributed by atoms with Crippen molar-refractivity contribution in [3.8, 4) is 0 Å². The molecule has 1 unspecified atom stereocenters. The van der Waals surface area contributed by atoms with Gasteiger partial charge in [-0.15, -0.1) is 0 Å². The van der Waals surface area contributed by atoms with Crippen molar-refractivity contribution in [1.82, 2.24) is 4.90 Å². The van der Waals surface area contributed by atoms with E-state index < -0.39 is 11.9 Å². The van der Waals surface area contributed by atoms with E-state index in [4.69, 9.17) is 4.74 Å². The summed E-state index contributed by atoms with van der Waals surface area (Å²) < 4.78 is 5.30. The highest BCUT2D eigenvalue weighted by Crippen LogP contribution is 2.21. The molecule has 0 aliphatic carbocycles. The molecule has 0 spiro atoms. The average molecular weight is 341 g/mol. The predicted molar refractivity (Wildman–Crippen MR) is 92.1 cm³/mol. The van der Waals surface area contributed by atoms with Crippen LogP contribution in [-0.2, 0) is 14.3 Å². The van der Waals surface area contributed by atoms with E-state index in [2.05, 4.69) is 18.7 Å². The highest BCUT2D eigenvalue weighted by molar-refractivity contribution is 5.98. The van der Waals surface area contributed by atoms with Gasteiger partial charge in [0.25, 0.3) is 0 Å². The number of carboxylic acid groups (broad SMARTS) is 2. The Morgan fingerprint density at radius 3 is 2.17 bits per heavy atom. The van der Waals surface area contributed by atoms with Crippen LogP contribution in [-0.4, -0.2) is 59.9 Å². The number of hydrogen-bond acceptors (Lipinski definition) is 4. The van der Waals surface area contributed by atoms with E-state index in [1.165, 1.54) is 0 Å². The van der Waals surface area contributed by atoms with Gasteiger partial charge in [0.05, 0.1) is 13.2 Å². The van der Waals surface area contributed by atoms with Crippen molar-refractivity contribution in [3.05, 3.63) is 11.1 Å². The summed E-state index contributed by atoms with van der Waals surface area (Å²) >= 11 is 0. The van der Waals surface area contributed by atoms with Gasteiger partial charge in [-0.2, -0.15) is 0 Å². The van der Waals surface area contributed by atoms with Crippen LogP contribution in [0.5, 0.6) is 0 Å². The molecule has 1 heterocycles. The summed E-state index contributed by atoms with van der Waals surface area (Å²) in [7, 11) is 0. The van der Waals surface area contributed by atoms with Crippen LogP contribution < -0.4 is 0 Å². The van der Waals surface area contributed by atoms with Crippen molar-refractivity contribution in [1.29, 1.82) is 0 Å². The summed E-state index contributed by atoms with van der Waals surface area (Å²) in [5.41, 5.74) is 0.155. The lowest BCUT2D eigenvalue weighted by atomic mass is 9.94. The second-order valence-electron chi connectivity index (χ2n) is 6.53. The smallest absolute Gasteiger partial charge is 0.332 e. The number of aliphatic carboxylic acids is 2. The largest absolute Gasteiger partial charge is 0.478 e. The molecule has 2 N–H and O–H groups in total. The van der Waals surface area contributed by atoms with Gasteiger partial charge in [-0.25, -0.2) is 9.59 Å². The number of carboxylic acids is 2. The molecule has 1 atom stereocenters. The van der Waals surface area contributed by atoms with E-state index in [-0.39, 0.29) is 11.1 Å². The highest BCUT2D eigenvalue weighted by Gasteiger charge is 2.20. The summed E-state index contributed by atoms with van der Waals surface area (Å²) in [6.45, 7) is 8.35. The lowest BCUT2D eigenvalue weighted by molar-refractivity contribution is -0.136. The van der Waals surface area contributed by atoms with Gasteiger partial charge in [-0.05, 0) is 44.6 Å². The third-order valence-corrected chi connectivity index (χ3v) is 4.72. The molecule has 0 radical (unpaired) electrons. The number of carbonyl (C=O) groups is 2. The minimum absolute atomic E-state index is 0.0766. The van der Waals surface area contributed by atoms with Gasteiger partial charge in [-0.1, -0.05) is 20.3 Å². The second kappa shape index (κ2) is 11.2. The number of hydrogen-bond donors (Lipinski definition) is 2. The number of morpholine rings is 1. The molecule has 1 rings (SSSR count). The van der Waals surface area contributed by atoms with Crippen LogP contribution in [0, 0.1) is 5.92 Å². The Labute approximate surface area is 144 Å². The zero-order chi connectivity index (χ0) is 17.9. The van der Waals surface area contributed by atoms with E-state index in [9.17, 15) is 19.8 Å². The van der Waals surface area contributed by atoms with Crippen LogP contribution in [0.1, 0.15) is 52.4 Å². The molecule has 0 aromatic carbocycles. The first kappa shape index (κ1) is 20.6. The Morgan fingerprint density at radius 2 is 1.62 bits per heavy atom. The first-order valence-electron chi connectivity index (χ1n) is 8.94. The average Bonchev–Trinajstić information content (AvgIpc) is 2.56. The second-order valence-corrected chi connectivity index (χ2v) is 6.53. The molecule has 1 aliphatic heterocycles. The normalized spacial score (nSPS) is 18.1. The van der Waals surface area contributed by atoms with Crippen molar-refractivity contribution >= 4 is 11.9 Å². The van der Waals surface area contributed by atoms with Gasteiger partial charge < -0.3 is 14.9 Å². The lowest BCUT2D eigenvalue weighted by Crippen LogP contribution is -2.36. The molecule has 24 heavy (non-hydrogen) atoms. The van der Waals surface area contributed by atoms with Crippen LogP contribution in [0.3, 0.4) is 0 Å². The van der Waals surface area contributed by atoms with Crippen molar-refractivity contribution < 1.29 is 24.5 Å². The van der Waals surface area contributed by atoms with Gasteiger partial charge in [0, 0.05) is 24.2 Å². The van der Waals surface area contributed by atoms with E-state index in [0.29, 0.717) is 31.6 Å². The Morgan fingerprint density at radius 1 is 1.04 bits per heavy atom. The molecular formula is C18H31NO5. The topological polar surface area (TPSA) is 87.1 Å². The Balaban J connectivity index is 2.56. The molecule has 6 nitrogen and oxygen atoms in total. The summed E-state index contributed by atoms with van der Waals surface area (Å²) in [5.74, 6) is -1.79. The highest BCUT2D eigenvalue weighted by atomic mass is 16.5. The fourth-order valence-corrected chi connectivity index (χ4v) is 2.83. The molecule has 1 fully saturated rings. The molecule has 0 amide bonds. The Kier molecular flexibility index (Phi) is 9.64. The molecule has 138 valence electrons. The van der Waals surface area contributed by atoms with Crippen molar-refractivity contribution in [2.75, 3.05) is 32.8 Å². The molecule has 0 bridgehead atoms. The first-order chi connectivity index (χ1) is 11.5. The molecule has 6 heteroatoms. The van der Waals surface area contributed by atoms with Crippen LogP contribution in [0.25, 0.3) is 0 Å². The van der Waals surface area contributed by atoms with Crippen LogP contribution in [0.15, 0.2) is 11.1 Å². The molecule has 1 saturated heterocycles. The van der Waals surface area contributed by atoms with E-state index >= 15 is 0 Å². The van der Waals surface area contributed by atoms with Crippen LogP contribution in [0.2, 0.25) is 0 Å². The van der Waals surface area contributed by atoms with Crippen molar-refractivity contribution in [2.45, 2.75) is 52.4 Å². The maximum atomic E-state index is 11.5. The number of nitrogens with zero attached hydrogens (tertiary/aromatic N) is 1. The summed E-state index contributed by atoms with van der Waals surface area (Å²) in [6, 6.07) is 0. The van der Waals surface area contributed by atoms with Gasteiger partial charge in [0.15, 0.2) is 0 Å². The summed E-state index contributed by atoms with van der Waals surface area (Å²) in [5, 5.41) is 18.8. The Bertz CT molecular complexity index is 441. The monoisotopic (exact) mass is 341 g/mol. The first-order valence-corrected chi connectivity index (χ1v) is 8.94. The van der Waals surface area contributed by atoms with E-state index in [1.807, 2.05) is 0 Å². The maximum Gasteiger partial charge on any atom is 0.332 e. The molecular weight excluding hydrogens is 310 g/mol. The molecule has 0 aromatic rings. The zero-order valence-corrected chi connectivity index (χ0v) is 14.9. The third-order valence-electron chi connectivity index (χ3n) is 4.72. The Hall–Kier alpha value is -1.40. The van der Waals surface area contributed by atoms with E-state index in [0.717, 1.165) is 45.7 Å². The maximum absolute atomic E-state index is 11.5. The minimum Gasteiger partial charge on any atom is -0.478 e. The summed E-state index contributed by atoms with van der Waals surface area (Å²) in [4.78, 5) is 25.3.